The van der Waals surface area contributed by atoms with Gasteiger partial charge in [-0.3, -0.25) is 0 Å². The zero-order valence-electron chi connectivity index (χ0n) is 33.7. The van der Waals surface area contributed by atoms with Crippen LogP contribution in [0.25, 0.3) is 0 Å². The Kier molecular flexibility index (Phi) is 16.1. The van der Waals surface area contributed by atoms with Crippen LogP contribution in [0.3, 0.4) is 0 Å². The first-order chi connectivity index (χ1) is 28.0. The van der Waals surface area contributed by atoms with E-state index in [1.165, 1.54) is 0 Å². The van der Waals surface area contributed by atoms with Gasteiger partial charge < -0.3 is 4.52 Å². The summed E-state index contributed by atoms with van der Waals surface area (Å²) < 4.78 is 40.6. The molecule has 3 aliphatic rings. The van der Waals surface area contributed by atoms with Crippen LogP contribution in [-0.2, 0) is 44.9 Å². The fourth-order valence-electron chi connectivity index (χ4n) is 7.80. The standard InChI is InChI=1S/C42H53B2N5O6P2S/c1-31(2)49(32(3)4)56(50-24-14-22-45)51-28-38-36(26-40(43)54-38)48-57(58,52-25-15-23-46)53-29-39-37(27-41(55-39)30-44-41)47-42(33-16-8-5-9-17-33,34-18-10-6-11-19-34)35-20-12-7-13-21-35/h5-13,16-21,30-32,36-40,47H,14-15,24-29H2,1-4H3,(H,48,58)/t36-,37-,38-,39-,40-,41+,56?,57?/m1/s1. The molecular weight excluding hydrogens is 786 g/mol. The molecule has 2 fully saturated rings. The minimum absolute atomic E-state index is 0.0924. The maximum absolute atomic E-state index is 9.41. The molecule has 8 atom stereocenters. The Morgan fingerprint density at radius 1 is 0.862 bits per heavy atom. The van der Waals surface area contributed by atoms with Crippen molar-refractivity contribution in [2.75, 3.05) is 26.4 Å². The van der Waals surface area contributed by atoms with Crippen molar-refractivity contribution < 1.29 is 27.6 Å². The van der Waals surface area contributed by atoms with Crippen LogP contribution in [0.1, 0.15) is 70.1 Å². The maximum atomic E-state index is 9.41. The zero-order valence-corrected chi connectivity index (χ0v) is 36.3. The Balaban J connectivity index is 1.23. The molecule has 2 saturated heterocycles. The van der Waals surface area contributed by atoms with E-state index < -0.39 is 44.4 Å². The molecule has 1 spiro atoms. The summed E-state index contributed by atoms with van der Waals surface area (Å²) in [6, 6.07) is 34.9. The van der Waals surface area contributed by atoms with Crippen LogP contribution in [0.5, 0.6) is 0 Å². The molecule has 2 N–H and O–H groups in total. The average molecular weight is 840 g/mol. The normalized spacial score (nSPS) is 25.4. The van der Waals surface area contributed by atoms with Gasteiger partial charge in [-0.05, 0) is 27.7 Å². The molecule has 6 rings (SSSR count). The van der Waals surface area contributed by atoms with Crippen molar-refractivity contribution in [3.8, 4) is 12.1 Å². The Hall–Kier alpha value is -2.64. The summed E-state index contributed by atoms with van der Waals surface area (Å²) in [6.07, 6.45) is 0.633. The Labute approximate surface area is 352 Å². The van der Waals surface area contributed by atoms with Crippen molar-refractivity contribution in [3.63, 3.8) is 0 Å². The molecule has 2 radical (unpaired) electrons. The fraction of sp³-hybridized carbons (Fsp3) is 0.500. The monoisotopic (exact) mass is 839 g/mol. The molecule has 16 heteroatoms. The van der Waals surface area contributed by atoms with E-state index in [1.807, 2.05) is 18.2 Å². The molecule has 3 aromatic rings. The third kappa shape index (κ3) is 11.2. The van der Waals surface area contributed by atoms with E-state index in [2.05, 4.69) is 141 Å². The summed E-state index contributed by atoms with van der Waals surface area (Å²) in [5.41, 5.74) is 2.09. The number of rotatable bonds is 22. The Bertz CT molecular complexity index is 1810. The molecule has 0 bridgehead atoms. The summed E-state index contributed by atoms with van der Waals surface area (Å²) >= 11 is 6.20. The molecule has 2 unspecified atom stereocenters. The van der Waals surface area contributed by atoms with Gasteiger partial charge in [-0.2, -0.15) is 5.26 Å². The van der Waals surface area contributed by atoms with Crippen molar-refractivity contribution in [2.24, 2.45) is 0 Å². The van der Waals surface area contributed by atoms with Gasteiger partial charge in [0.2, 0.25) is 0 Å². The van der Waals surface area contributed by atoms with Crippen molar-refractivity contribution in [1.82, 2.24) is 15.1 Å². The second kappa shape index (κ2) is 20.8. The molecule has 58 heavy (non-hydrogen) atoms. The Morgan fingerprint density at radius 2 is 1.41 bits per heavy atom. The summed E-state index contributed by atoms with van der Waals surface area (Å²) in [4.78, 5) is 0. The van der Waals surface area contributed by atoms with Crippen LogP contribution in [0.2, 0.25) is 0 Å². The third-order valence-corrected chi connectivity index (χ3v) is 15.1. The van der Waals surface area contributed by atoms with Crippen molar-refractivity contribution in [3.05, 3.63) is 108 Å². The van der Waals surface area contributed by atoms with Crippen LogP contribution in [-0.4, -0.2) is 99.7 Å². The van der Waals surface area contributed by atoms with Crippen molar-refractivity contribution >= 4 is 47.7 Å². The third-order valence-electron chi connectivity index (χ3n) is 10.4. The minimum atomic E-state index is -3.27. The van der Waals surface area contributed by atoms with Crippen LogP contribution in [0.15, 0.2) is 91.0 Å². The summed E-state index contributed by atoms with van der Waals surface area (Å²) in [7, 11) is 4.87. The van der Waals surface area contributed by atoms with Gasteiger partial charge in [-0.15, -0.1) is 0 Å². The zero-order chi connectivity index (χ0) is 41.2. The second-order valence-electron chi connectivity index (χ2n) is 15.3. The first-order valence-electron chi connectivity index (χ1n) is 20.0. The van der Waals surface area contributed by atoms with Gasteiger partial charge in [0, 0.05) is 12.1 Å². The van der Waals surface area contributed by atoms with Gasteiger partial charge >= 0.3 is 281 Å². The predicted octanol–water partition coefficient (Wildman–Crippen LogP) is 6.65. The molecular formula is C42H53B2N5O6P2S. The first kappa shape index (κ1) is 44.9. The molecule has 0 aliphatic carbocycles. The van der Waals surface area contributed by atoms with E-state index in [0.29, 0.717) is 12.8 Å². The molecule has 3 aromatic carbocycles. The van der Waals surface area contributed by atoms with Crippen molar-refractivity contribution in [1.29, 1.82) is 10.5 Å². The predicted molar refractivity (Wildman–Crippen MR) is 234 cm³/mol. The van der Waals surface area contributed by atoms with Gasteiger partial charge in [-0.25, -0.2) is 4.67 Å². The van der Waals surface area contributed by atoms with Crippen LogP contribution in [0, 0.1) is 22.7 Å². The number of nitriles is 2. The van der Waals surface area contributed by atoms with E-state index in [0.717, 1.165) is 16.7 Å². The molecule has 11 nitrogen and oxygen atoms in total. The first-order valence-corrected chi connectivity index (χ1v) is 23.8. The summed E-state index contributed by atoms with van der Waals surface area (Å²) in [5.74, 6) is 2.09. The Morgan fingerprint density at radius 3 is 1.93 bits per heavy atom. The van der Waals surface area contributed by atoms with Crippen molar-refractivity contribution in [2.45, 2.75) is 107 Å². The number of hydrogen-bond donors (Lipinski definition) is 2. The van der Waals surface area contributed by atoms with Gasteiger partial charge in [-0.1, -0.05) is 0 Å². The molecule has 3 aliphatic heterocycles. The average Bonchev–Trinajstić information content (AvgIpc) is 3.76. The van der Waals surface area contributed by atoms with Gasteiger partial charge in [0.05, 0.1) is 19.1 Å². The topological polar surface area (TPSA) is 130 Å². The SMILES string of the molecule is [B][C@H]1C[C@@H](NP(=S)(OCCC#N)OC[C@H]2O[C@@]3(B=C3)C[C@H]2NC(c2ccccc2)(c2ccccc2)c2ccccc2)[C@@H](COP(OCCC#N)N(C(C)C)C(C)C)O1. The van der Waals surface area contributed by atoms with E-state index in [4.69, 9.17) is 52.5 Å². The number of benzene rings is 3. The van der Waals surface area contributed by atoms with Gasteiger partial charge in [0.15, 0.2) is 0 Å². The van der Waals surface area contributed by atoms with Crippen LogP contribution in [0.4, 0.5) is 0 Å². The van der Waals surface area contributed by atoms with E-state index in [1.54, 1.807) is 0 Å². The number of nitrogens with one attached hydrogen (secondary N) is 2. The number of nitrogens with zero attached hydrogens (tertiary/aromatic N) is 3. The number of ether oxygens (including phenoxy) is 2. The number of hydrogen-bond acceptors (Lipinski definition) is 11. The quantitative estimate of drug-likeness (QED) is 0.0487. The van der Waals surface area contributed by atoms with E-state index in [9.17, 15) is 5.26 Å². The van der Waals surface area contributed by atoms with Gasteiger partial charge in [0.25, 0.3) is 0 Å². The molecule has 0 saturated carbocycles. The molecule has 0 amide bonds. The summed E-state index contributed by atoms with van der Waals surface area (Å²) in [6.45, 7) is 7.82. The second-order valence-corrected chi connectivity index (χ2v) is 20.0. The fourth-order valence-corrected chi connectivity index (χ4v) is 11.8. The van der Waals surface area contributed by atoms with Crippen LogP contribution >= 0.6 is 15.2 Å². The van der Waals surface area contributed by atoms with Gasteiger partial charge in [0.1, 0.15) is 0 Å². The molecule has 3 heterocycles. The van der Waals surface area contributed by atoms with E-state index >= 15 is 0 Å². The van der Waals surface area contributed by atoms with Crippen LogP contribution < -0.4 is 10.4 Å². The molecule has 0 aromatic heterocycles. The van der Waals surface area contributed by atoms with E-state index in [-0.39, 0.29) is 63.4 Å². The summed E-state index contributed by atoms with van der Waals surface area (Å²) in [5, 5.41) is 26.2. The molecule has 304 valence electrons.